The van der Waals surface area contributed by atoms with Crippen LogP contribution in [-0.2, 0) is 30.5 Å². The lowest BCUT2D eigenvalue weighted by molar-refractivity contribution is -0.142. The van der Waals surface area contributed by atoms with E-state index < -0.39 is 18.0 Å². The average Bonchev–Trinajstić information content (AvgIpc) is 2.73. The maximum Gasteiger partial charge on any atom is 0.302 e. The van der Waals surface area contributed by atoms with Gasteiger partial charge < -0.3 is 31.7 Å². The third-order valence-corrected chi connectivity index (χ3v) is 4.60. The summed E-state index contributed by atoms with van der Waals surface area (Å²) in [7, 11) is 0. The number of esters is 1. The molecule has 10 nitrogen and oxygen atoms in total. The van der Waals surface area contributed by atoms with Crippen LogP contribution in [0.1, 0.15) is 46.1 Å². The number of amides is 3. The highest BCUT2D eigenvalue weighted by Crippen LogP contribution is 2.12. The zero-order valence-corrected chi connectivity index (χ0v) is 19.2. The molecule has 0 saturated heterocycles. The van der Waals surface area contributed by atoms with Gasteiger partial charge in [0.05, 0.1) is 0 Å². The van der Waals surface area contributed by atoms with Crippen LogP contribution in [-0.4, -0.2) is 49.0 Å². The number of nitrogens with two attached hydrogens (primary N) is 1. The lowest BCUT2D eigenvalue weighted by atomic mass is 10.0. The third-order valence-electron chi connectivity index (χ3n) is 4.60. The van der Waals surface area contributed by atoms with E-state index in [4.69, 9.17) is 10.5 Å². The van der Waals surface area contributed by atoms with E-state index in [2.05, 4.69) is 21.3 Å². The summed E-state index contributed by atoms with van der Waals surface area (Å²) in [6, 6.07) is 5.33. The molecule has 0 aliphatic carbocycles. The molecule has 1 rings (SSSR count). The summed E-state index contributed by atoms with van der Waals surface area (Å²) in [5, 5.41) is 11.2. The van der Waals surface area contributed by atoms with Crippen LogP contribution in [0.4, 0.5) is 5.69 Å². The van der Waals surface area contributed by atoms with E-state index in [0.717, 1.165) is 5.56 Å². The topological polar surface area (TPSA) is 152 Å². The summed E-state index contributed by atoms with van der Waals surface area (Å²) < 4.78 is 4.95. The molecular weight excluding hydrogens is 414 g/mol. The molecule has 10 heteroatoms. The molecule has 178 valence electrons. The fourth-order valence-electron chi connectivity index (χ4n) is 2.92. The molecule has 0 heterocycles. The molecule has 32 heavy (non-hydrogen) atoms. The van der Waals surface area contributed by atoms with Crippen LogP contribution < -0.4 is 27.0 Å². The molecule has 0 aliphatic heterocycles. The molecule has 0 saturated carbocycles. The van der Waals surface area contributed by atoms with Crippen molar-refractivity contribution in [1.82, 2.24) is 16.0 Å². The maximum atomic E-state index is 12.9. The van der Waals surface area contributed by atoms with Crippen LogP contribution in [0.15, 0.2) is 24.3 Å². The van der Waals surface area contributed by atoms with Crippen molar-refractivity contribution < 1.29 is 23.9 Å². The highest BCUT2D eigenvalue weighted by atomic mass is 16.5. The molecule has 0 unspecified atom stereocenters. The van der Waals surface area contributed by atoms with Gasteiger partial charge in [0.15, 0.2) is 0 Å². The van der Waals surface area contributed by atoms with Crippen LogP contribution in [0.25, 0.3) is 0 Å². The van der Waals surface area contributed by atoms with E-state index in [1.54, 1.807) is 24.3 Å². The summed E-state index contributed by atoms with van der Waals surface area (Å²) in [4.78, 5) is 48.0. The lowest BCUT2D eigenvalue weighted by Gasteiger charge is -2.25. The smallest absolute Gasteiger partial charge is 0.302 e. The molecule has 0 bridgehead atoms. The molecule has 0 aliphatic rings. The molecule has 3 amide bonds. The number of ether oxygens (including phenoxy) is 1. The van der Waals surface area contributed by atoms with Gasteiger partial charge in [-0.3, -0.25) is 19.2 Å². The van der Waals surface area contributed by atoms with Crippen molar-refractivity contribution in [3.05, 3.63) is 29.8 Å². The lowest BCUT2D eigenvalue weighted by Crippen LogP contribution is -2.54. The van der Waals surface area contributed by atoms with Gasteiger partial charge in [-0.25, -0.2) is 0 Å². The molecule has 1 aromatic rings. The average molecular weight is 450 g/mol. The summed E-state index contributed by atoms with van der Waals surface area (Å²) >= 11 is 0. The molecular formula is C22H35N5O5. The van der Waals surface area contributed by atoms with Crippen molar-refractivity contribution in [3.8, 4) is 0 Å². The largest absolute Gasteiger partial charge is 0.461 e. The predicted molar refractivity (Wildman–Crippen MR) is 121 cm³/mol. The minimum absolute atomic E-state index is 0.147. The molecule has 1 aromatic carbocycles. The van der Waals surface area contributed by atoms with E-state index in [1.165, 1.54) is 13.8 Å². The Morgan fingerprint density at radius 3 is 2.19 bits per heavy atom. The van der Waals surface area contributed by atoms with Gasteiger partial charge in [-0.2, -0.15) is 0 Å². The van der Waals surface area contributed by atoms with Crippen molar-refractivity contribution in [2.24, 2.45) is 11.7 Å². The second-order valence-electron chi connectivity index (χ2n) is 7.80. The summed E-state index contributed by atoms with van der Waals surface area (Å²) in [5.41, 5.74) is 6.76. The van der Waals surface area contributed by atoms with Gasteiger partial charge >= 0.3 is 5.97 Å². The highest BCUT2D eigenvalue weighted by Gasteiger charge is 2.28. The van der Waals surface area contributed by atoms with E-state index in [1.807, 2.05) is 13.8 Å². The number of nitrogens with one attached hydrogen (secondary N) is 4. The summed E-state index contributed by atoms with van der Waals surface area (Å²) in [5.74, 6) is -1.63. The Labute approximate surface area is 189 Å². The van der Waals surface area contributed by atoms with Crippen molar-refractivity contribution >= 4 is 29.4 Å². The van der Waals surface area contributed by atoms with Gasteiger partial charge in [0, 0.05) is 26.2 Å². The van der Waals surface area contributed by atoms with Crippen LogP contribution in [0, 0.1) is 5.92 Å². The first-order valence-electron chi connectivity index (χ1n) is 10.7. The normalized spacial score (nSPS) is 12.6. The van der Waals surface area contributed by atoms with Gasteiger partial charge in [0.25, 0.3) is 0 Å². The van der Waals surface area contributed by atoms with Gasteiger partial charge in [0.1, 0.15) is 18.7 Å². The Bertz CT molecular complexity index is 766. The molecule has 0 aromatic heterocycles. The number of carbonyl (C=O) groups excluding carboxylic acids is 4. The second kappa shape index (κ2) is 14.2. The maximum absolute atomic E-state index is 12.9. The van der Waals surface area contributed by atoms with Crippen molar-refractivity contribution in [2.75, 3.05) is 18.5 Å². The van der Waals surface area contributed by atoms with Crippen molar-refractivity contribution in [1.29, 1.82) is 0 Å². The Morgan fingerprint density at radius 1 is 1.00 bits per heavy atom. The van der Waals surface area contributed by atoms with E-state index in [9.17, 15) is 19.2 Å². The van der Waals surface area contributed by atoms with Crippen LogP contribution in [0.2, 0.25) is 0 Å². The van der Waals surface area contributed by atoms with E-state index in [-0.39, 0.29) is 30.3 Å². The fourth-order valence-corrected chi connectivity index (χ4v) is 2.92. The molecule has 2 atom stereocenters. The summed E-state index contributed by atoms with van der Waals surface area (Å²) in [6.07, 6.45) is 1.00. The fraction of sp³-hybridized carbons (Fsp3) is 0.545. The molecule has 0 spiro atoms. The zero-order chi connectivity index (χ0) is 24.1. The van der Waals surface area contributed by atoms with Crippen molar-refractivity contribution in [2.45, 2.75) is 59.2 Å². The first kappa shape index (κ1) is 27.1. The molecule has 0 radical (unpaired) electrons. The third kappa shape index (κ3) is 10.4. The number of rotatable bonds is 13. The standard InChI is InChI=1S/C22H35N5O5/c1-14(2)20(25-15(3)28)22(31)27-19(6-5-11-24-13-23)21(30)26-18-9-7-17(8-10-18)12-32-16(4)29/h7-10,14,19-20,24H,5-6,11-13,23H2,1-4H3,(H,25,28)(H,26,30)(H,27,31)/t19-,20-/m0/s1. The first-order valence-corrected chi connectivity index (χ1v) is 10.7. The highest BCUT2D eigenvalue weighted by molar-refractivity contribution is 5.98. The Morgan fingerprint density at radius 2 is 1.66 bits per heavy atom. The number of hydrogen-bond acceptors (Lipinski definition) is 7. The number of carbonyl (C=O) groups is 4. The van der Waals surface area contributed by atoms with Gasteiger partial charge in [0.2, 0.25) is 17.7 Å². The Balaban J connectivity index is 2.84. The molecule has 6 N–H and O–H groups in total. The van der Waals surface area contributed by atoms with E-state index >= 15 is 0 Å². The zero-order valence-electron chi connectivity index (χ0n) is 19.2. The van der Waals surface area contributed by atoms with E-state index in [0.29, 0.717) is 31.7 Å². The van der Waals surface area contributed by atoms with Gasteiger partial charge in [-0.05, 0) is 43.0 Å². The van der Waals surface area contributed by atoms with Crippen LogP contribution in [0.3, 0.4) is 0 Å². The SMILES string of the molecule is CC(=O)N[C@H](C(=O)N[C@@H](CCCNCN)C(=O)Nc1ccc(COC(C)=O)cc1)C(C)C. The minimum Gasteiger partial charge on any atom is -0.461 e. The number of benzene rings is 1. The minimum atomic E-state index is -0.794. The predicted octanol–water partition coefficient (Wildman–Crippen LogP) is 0.620. The van der Waals surface area contributed by atoms with Crippen LogP contribution in [0.5, 0.6) is 0 Å². The second-order valence-corrected chi connectivity index (χ2v) is 7.80. The van der Waals surface area contributed by atoms with Crippen LogP contribution >= 0.6 is 0 Å². The Hall–Kier alpha value is -2.98. The van der Waals surface area contributed by atoms with Gasteiger partial charge in [-0.1, -0.05) is 26.0 Å². The number of anilines is 1. The quantitative estimate of drug-likeness (QED) is 0.168. The number of hydrogen-bond donors (Lipinski definition) is 5. The summed E-state index contributed by atoms with van der Waals surface area (Å²) in [6.45, 7) is 7.38. The monoisotopic (exact) mass is 449 g/mol. The first-order chi connectivity index (χ1) is 15.1. The Kier molecular flexibility index (Phi) is 12.0. The van der Waals surface area contributed by atoms with Crippen molar-refractivity contribution in [3.63, 3.8) is 0 Å². The van der Waals surface area contributed by atoms with Gasteiger partial charge in [-0.15, -0.1) is 0 Å². The molecule has 0 fully saturated rings.